The molecule has 0 aromatic carbocycles. The monoisotopic (exact) mass is 256 g/mol. The molecule has 0 nitrogen and oxygen atoms in total. The van der Waals surface area contributed by atoms with Gasteiger partial charge in [-0.25, -0.2) is 0 Å². The van der Waals surface area contributed by atoms with E-state index in [0.717, 1.165) is 0 Å². The van der Waals surface area contributed by atoms with Crippen LogP contribution in [0.2, 0.25) is 0 Å². The van der Waals surface area contributed by atoms with E-state index >= 15 is 0 Å². The van der Waals surface area contributed by atoms with Gasteiger partial charge in [-0.2, -0.15) is 0 Å². The number of rotatable bonds is 0. The fraction of sp³-hybridized carbons (Fsp3) is 1.00. The van der Waals surface area contributed by atoms with Crippen molar-refractivity contribution in [1.82, 2.24) is 0 Å². The lowest BCUT2D eigenvalue weighted by atomic mass is 10.1. The summed E-state index contributed by atoms with van der Waals surface area (Å²) in [5.41, 5.74) is 0. The smallest absolute Gasteiger partial charge is 0.0354 e. The van der Waals surface area contributed by atoms with Gasteiger partial charge in [0.25, 0.3) is 0 Å². The van der Waals surface area contributed by atoms with Crippen molar-refractivity contribution >= 4 is 31.9 Å². The molecule has 1 fully saturated rings. The molecule has 0 N–H and O–H groups in total. The normalized spacial score (nSPS) is 45.0. The van der Waals surface area contributed by atoms with E-state index in [0.29, 0.717) is 9.15 Å². The molecular weight excluding hydrogens is 246 g/mol. The van der Waals surface area contributed by atoms with E-state index in [-0.39, 0.29) is 0 Å². The molecule has 1 aliphatic rings. The van der Waals surface area contributed by atoms with Crippen molar-refractivity contribution < 1.29 is 0 Å². The second-order valence-corrected chi connectivity index (χ2v) is 5.91. The molecule has 0 radical (unpaired) electrons. The molecule has 2 unspecified atom stereocenters. The van der Waals surface area contributed by atoms with E-state index in [9.17, 15) is 0 Å². The Hall–Kier alpha value is 0.960. The molecule has 1 saturated carbocycles. The molecule has 2 heteroatoms. The number of hydrogen-bond donors (Lipinski definition) is 0. The van der Waals surface area contributed by atoms with Gasteiger partial charge in [0.2, 0.25) is 0 Å². The van der Waals surface area contributed by atoms with Crippen LogP contribution in [0.1, 0.15) is 32.6 Å². The summed E-state index contributed by atoms with van der Waals surface area (Å²) in [7, 11) is 0. The van der Waals surface area contributed by atoms with E-state index in [4.69, 9.17) is 0 Å². The van der Waals surface area contributed by atoms with E-state index in [1.54, 1.807) is 0 Å². The van der Waals surface area contributed by atoms with Crippen molar-refractivity contribution in [2.45, 2.75) is 41.8 Å². The average molecular weight is 258 g/mol. The van der Waals surface area contributed by atoms with E-state index in [1.165, 1.54) is 25.7 Å². The third-order valence-corrected chi connectivity index (χ3v) is 5.06. The zero-order chi connectivity index (χ0) is 6.91. The second kappa shape index (κ2) is 2.91. The van der Waals surface area contributed by atoms with Crippen molar-refractivity contribution in [3.05, 3.63) is 0 Å². The van der Waals surface area contributed by atoms with Crippen molar-refractivity contribution in [2.24, 2.45) is 0 Å². The molecule has 54 valence electrons. The first kappa shape index (κ1) is 8.06. The van der Waals surface area contributed by atoms with Crippen LogP contribution in [0.5, 0.6) is 0 Å². The van der Waals surface area contributed by atoms with Crippen LogP contribution in [-0.2, 0) is 0 Å². The molecule has 0 amide bonds. The van der Waals surface area contributed by atoms with Crippen LogP contribution in [0.4, 0.5) is 0 Å². The van der Waals surface area contributed by atoms with Crippen molar-refractivity contribution in [3.63, 3.8) is 0 Å². The first-order valence-electron chi connectivity index (χ1n) is 3.46. The maximum atomic E-state index is 3.71. The highest BCUT2D eigenvalue weighted by molar-refractivity contribution is 9.12. The number of halogens is 2. The zero-order valence-corrected chi connectivity index (χ0v) is 8.83. The molecule has 2 atom stereocenters. The Kier molecular flexibility index (Phi) is 2.61. The van der Waals surface area contributed by atoms with Crippen LogP contribution in [0.25, 0.3) is 0 Å². The maximum Gasteiger partial charge on any atom is 0.0354 e. The van der Waals surface area contributed by atoms with Crippen molar-refractivity contribution in [3.8, 4) is 0 Å². The summed E-state index contributed by atoms with van der Waals surface area (Å²) < 4.78 is 0.366. The van der Waals surface area contributed by atoms with Gasteiger partial charge in [0.1, 0.15) is 0 Å². The van der Waals surface area contributed by atoms with Gasteiger partial charge in [-0.05, 0) is 19.8 Å². The van der Waals surface area contributed by atoms with Crippen LogP contribution in [0.15, 0.2) is 0 Å². The molecule has 1 rings (SSSR count). The lowest BCUT2D eigenvalue weighted by Gasteiger charge is -2.32. The molecule has 0 aliphatic heterocycles. The van der Waals surface area contributed by atoms with Gasteiger partial charge in [0.05, 0.1) is 0 Å². The molecule has 1 aliphatic carbocycles. The largest absolute Gasteiger partial charge is 0.0876 e. The Morgan fingerprint density at radius 2 is 2.11 bits per heavy atom. The minimum absolute atomic E-state index is 0.366. The van der Waals surface area contributed by atoms with Gasteiger partial charge in [0.15, 0.2) is 0 Å². The predicted octanol–water partition coefficient (Wildman–Crippen LogP) is 3.48. The molecule has 0 bridgehead atoms. The summed E-state index contributed by atoms with van der Waals surface area (Å²) in [5, 5.41) is 0. The molecule has 0 saturated heterocycles. The average Bonchev–Trinajstić information content (AvgIpc) is 1.77. The molecule has 9 heavy (non-hydrogen) atoms. The maximum absolute atomic E-state index is 3.71. The summed E-state index contributed by atoms with van der Waals surface area (Å²) in [6.07, 6.45) is 5.39. The van der Waals surface area contributed by atoms with E-state index in [2.05, 4.69) is 38.8 Å². The third-order valence-electron chi connectivity index (χ3n) is 2.03. The lowest BCUT2D eigenvalue weighted by molar-refractivity contribution is 0.447. The molecule has 0 heterocycles. The van der Waals surface area contributed by atoms with Gasteiger partial charge in [0, 0.05) is 9.15 Å². The Labute approximate surface area is 73.7 Å². The SMILES string of the molecule is [13CH3][13C]1(Br)CCCCC1Br. The Bertz CT molecular complexity index is 99.1. The highest BCUT2D eigenvalue weighted by Gasteiger charge is 2.31. The topological polar surface area (TPSA) is 0 Å². The zero-order valence-electron chi connectivity index (χ0n) is 5.66. The van der Waals surface area contributed by atoms with Crippen LogP contribution < -0.4 is 0 Å². The summed E-state index contributed by atoms with van der Waals surface area (Å²) in [6, 6.07) is 0. The molecule has 0 aromatic heterocycles. The van der Waals surface area contributed by atoms with Crippen LogP contribution in [-0.4, -0.2) is 9.15 Å². The lowest BCUT2D eigenvalue weighted by Crippen LogP contribution is -2.31. The van der Waals surface area contributed by atoms with Gasteiger partial charge in [-0.3, -0.25) is 0 Å². The second-order valence-electron chi connectivity index (χ2n) is 2.99. The fourth-order valence-corrected chi connectivity index (χ4v) is 2.31. The van der Waals surface area contributed by atoms with E-state index in [1.807, 2.05) is 0 Å². The first-order chi connectivity index (χ1) is 4.13. The molecular formula is C7H12Br2. The fourth-order valence-electron chi connectivity index (χ4n) is 1.25. The third kappa shape index (κ3) is 1.94. The summed E-state index contributed by atoms with van der Waals surface area (Å²) in [5.74, 6) is 0. The van der Waals surface area contributed by atoms with Crippen LogP contribution in [0, 0.1) is 0 Å². The standard InChI is InChI=1S/C7H12Br2/c1-7(9)5-3-2-4-6(7)8/h6H,2-5H2,1H3/i1+1,7+1. The summed E-state index contributed by atoms with van der Waals surface area (Å²) in [4.78, 5) is 0.679. The minimum Gasteiger partial charge on any atom is -0.0876 e. The summed E-state index contributed by atoms with van der Waals surface area (Å²) >= 11 is 7.37. The Morgan fingerprint density at radius 1 is 1.44 bits per heavy atom. The first-order valence-corrected chi connectivity index (χ1v) is 5.17. The molecule has 0 spiro atoms. The Balaban J connectivity index is 2.49. The quantitative estimate of drug-likeness (QED) is 0.461. The van der Waals surface area contributed by atoms with Gasteiger partial charge in [-0.15, -0.1) is 0 Å². The van der Waals surface area contributed by atoms with Gasteiger partial charge < -0.3 is 0 Å². The number of hydrogen-bond acceptors (Lipinski definition) is 0. The Morgan fingerprint density at radius 3 is 2.44 bits per heavy atom. The highest BCUT2D eigenvalue weighted by atomic mass is 79.9. The predicted molar refractivity (Wildman–Crippen MR) is 48.5 cm³/mol. The number of alkyl halides is 2. The van der Waals surface area contributed by atoms with Crippen LogP contribution in [0.3, 0.4) is 0 Å². The van der Waals surface area contributed by atoms with Crippen molar-refractivity contribution in [1.29, 1.82) is 0 Å². The van der Waals surface area contributed by atoms with Crippen molar-refractivity contribution in [2.75, 3.05) is 0 Å². The molecule has 0 aromatic rings. The van der Waals surface area contributed by atoms with Gasteiger partial charge in [-0.1, -0.05) is 44.7 Å². The minimum atomic E-state index is 0.366. The van der Waals surface area contributed by atoms with Gasteiger partial charge >= 0.3 is 0 Å². The highest BCUT2D eigenvalue weighted by Crippen LogP contribution is 2.39. The summed E-state index contributed by atoms with van der Waals surface area (Å²) in [6.45, 7) is 2.27. The van der Waals surface area contributed by atoms with Crippen LogP contribution >= 0.6 is 31.9 Å². The van der Waals surface area contributed by atoms with E-state index < -0.39 is 0 Å².